The maximum Gasteiger partial charge on any atom is 0.324 e. The number of halogens is 1. The Labute approximate surface area is 154 Å². The summed E-state index contributed by atoms with van der Waals surface area (Å²) in [4.78, 5) is 18.8. The fourth-order valence-electron chi connectivity index (χ4n) is 2.88. The van der Waals surface area contributed by atoms with Crippen LogP contribution in [0.1, 0.15) is 19.8 Å². The highest BCUT2D eigenvalue weighted by Crippen LogP contribution is 2.24. The van der Waals surface area contributed by atoms with Crippen molar-refractivity contribution in [1.29, 1.82) is 0 Å². The topological polar surface area (TPSA) is 119 Å². The summed E-state index contributed by atoms with van der Waals surface area (Å²) in [5.41, 5.74) is 6.26. The van der Waals surface area contributed by atoms with Crippen LogP contribution in [-0.4, -0.2) is 38.2 Å². The van der Waals surface area contributed by atoms with Crippen molar-refractivity contribution in [3.8, 4) is 11.6 Å². The standard InChI is InChI=1S/C17H19FN8O/c1-10-5-7-26(8-6-10)17-23-14(25-27-17)13-21-15(19)24-16(22-13)20-12-4-2-3-11(18)9-12/h2-4,9-10H,5-8H2,1H3,(H3,19,20,21,22,24). The molecule has 0 saturated carbocycles. The maximum absolute atomic E-state index is 13.3. The lowest BCUT2D eigenvalue weighted by Gasteiger charge is -2.28. The van der Waals surface area contributed by atoms with Crippen LogP contribution in [0.3, 0.4) is 0 Å². The predicted octanol–water partition coefficient (Wildman–Crippen LogP) is 2.62. The van der Waals surface area contributed by atoms with Crippen molar-refractivity contribution in [1.82, 2.24) is 25.1 Å². The zero-order valence-corrected chi connectivity index (χ0v) is 14.8. The Morgan fingerprint density at radius 1 is 1.15 bits per heavy atom. The molecule has 2 aromatic heterocycles. The number of nitrogens with two attached hydrogens (primary N) is 1. The van der Waals surface area contributed by atoms with E-state index >= 15 is 0 Å². The number of anilines is 4. The highest BCUT2D eigenvalue weighted by Gasteiger charge is 2.22. The van der Waals surface area contributed by atoms with Crippen molar-refractivity contribution >= 4 is 23.6 Å². The number of rotatable bonds is 4. The quantitative estimate of drug-likeness (QED) is 0.714. The average molecular weight is 370 g/mol. The zero-order chi connectivity index (χ0) is 18.8. The van der Waals surface area contributed by atoms with Gasteiger partial charge in [0, 0.05) is 18.8 Å². The number of hydrogen-bond acceptors (Lipinski definition) is 9. The highest BCUT2D eigenvalue weighted by atomic mass is 19.1. The molecule has 0 bridgehead atoms. The Morgan fingerprint density at radius 2 is 1.96 bits per heavy atom. The maximum atomic E-state index is 13.3. The summed E-state index contributed by atoms with van der Waals surface area (Å²) in [6.07, 6.45) is 2.16. The third-order valence-corrected chi connectivity index (χ3v) is 4.40. The fraction of sp³-hybridized carbons (Fsp3) is 0.353. The molecule has 9 nitrogen and oxygen atoms in total. The summed E-state index contributed by atoms with van der Waals surface area (Å²) in [5, 5.41) is 6.85. The van der Waals surface area contributed by atoms with E-state index in [-0.39, 0.29) is 29.4 Å². The molecule has 3 aromatic rings. The number of nitrogen functional groups attached to an aromatic ring is 1. The molecule has 1 aromatic carbocycles. The fourth-order valence-corrected chi connectivity index (χ4v) is 2.88. The van der Waals surface area contributed by atoms with Crippen molar-refractivity contribution in [2.45, 2.75) is 19.8 Å². The lowest BCUT2D eigenvalue weighted by molar-refractivity contribution is 0.376. The Morgan fingerprint density at radius 3 is 2.74 bits per heavy atom. The molecule has 0 atom stereocenters. The molecule has 0 spiro atoms. The van der Waals surface area contributed by atoms with Gasteiger partial charge in [0.05, 0.1) is 0 Å². The van der Waals surface area contributed by atoms with Crippen LogP contribution in [0.5, 0.6) is 0 Å². The molecule has 1 fully saturated rings. The lowest BCUT2D eigenvalue weighted by Crippen LogP contribution is -2.32. The van der Waals surface area contributed by atoms with Crippen LogP contribution in [0.25, 0.3) is 11.6 Å². The molecule has 0 radical (unpaired) electrons. The van der Waals surface area contributed by atoms with Gasteiger partial charge in [-0.15, -0.1) is 0 Å². The number of hydrogen-bond donors (Lipinski definition) is 2. The predicted molar refractivity (Wildman–Crippen MR) is 97.8 cm³/mol. The Balaban J connectivity index is 1.56. The second kappa shape index (κ2) is 7.14. The molecular formula is C17H19FN8O. The minimum absolute atomic E-state index is 0.00273. The molecule has 140 valence electrons. The summed E-state index contributed by atoms with van der Waals surface area (Å²) < 4.78 is 18.7. The van der Waals surface area contributed by atoms with Crippen molar-refractivity contribution in [3.63, 3.8) is 0 Å². The number of nitrogens with one attached hydrogen (secondary N) is 1. The van der Waals surface area contributed by atoms with Gasteiger partial charge in [-0.1, -0.05) is 18.1 Å². The number of benzene rings is 1. The summed E-state index contributed by atoms with van der Waals surface area (Å²) in [6.45, 7) is 3.97. The van der Waals surface area contributed by atoms with Crippen LogP contribution in [0.2, 0.25) is 0 Å². The van der Waals surface area contributed by atoms with E-state index in [2.05, 4.69) is 37.3 Å². The summed E-state index contributed by atoms with van der Waals surface area (Å²) in [6, 6.07) is 6.38. The summed E-state index contributed by atoms with van der Waals surface area (Å²) in [7, 11) is 0. The summed E-state index contributed by atoms with van der Waals surface area (Å²) >= 11 is 0. The number of piperidine rings is 1. The van der Waals surface area contributed by atoms with Gasteiger partial charge in [0.2, 0.25) is 23.5 Å². The molecule has 0 amide bonds. The van der Waals surface area contributed by atoms with E-state index in [0.29, 0.717) is 17.6 Å². The second-order valence-corrected chi connectivity index (χ2v) is 6.55. The molecule has 1 aliphatic rings. The van der Waals surface area contributed by atoms with E-state index in [0.717, 1.165) is 25.9 Å². The number of nitrogens with zero attached hydrogens (tertiary/aromatic N) is 6. The van der Waals surface area contributed by atoms with Gasteiger partial charge in [-0.3, -0.25) is 0 Å². The van der Waals surface area contributed by atoms with Crippen LogP contribution < -0.4 is 16.0 Å². The molecule has 10 heteroatoms. The van der Waals surface area contributed by atoms with E-state index in [1.807, 2.05) is 4.90 Å². The van der Waals surface area contributed by atoms with Crippen molar-refractivity contribution < 1.29 is 8.91 Å². The van der Waals surface area contributed by atoms with Gasteiger partial charge in [-0.2, -0.15) is 19.9 Å². The Kier molecular flexibility index (Phi) is 4.53. The van der Waals surface area contributed by atoms with Gasteiger partial charge in [0.1, 0.15) is 5.82 Å². The average Bonchev–Trinajstić information content (AvgIpc) is 3.12. The van der Waals surface area contributed by atoms with E-state index in [4.69, 9.17) is 10.3 Å². The third kappa shape index (κ3) is 3.94. The minimum atomic E-state index is -0.374. The molecule has 1 saturated heterocycles. The Bertz CT molecular complexity index is 938. The highest BCUT2D eigenvalue weighted by molar-refractivity contribution is 5.57. The van der Waals surface area contributed by atoms with E-state index in [9.17, 15) is 4.39 Å². The largest absolute Gasteiger partial charge is 0.368 e. The molecule has 0 aliphatic carbocycles. The van der Waals surface area contributed by atoms with Crippen molar-refractivity contribution in [2.75, 3.05) is 29.0 Å². The van der Waals surface area contributed by atoms with E-state index in [1.54, 1.807) is 12.1 Å². The van der Waals surface area contributed by atoms with Gasteiger partial charge in [-0.05, 0) is 37.0 Å². The Hall–Kier alpha value is -3.30. The second-order valence-electron chi connectivity index (χ2n) is 6.55. The van der Waals surface area contributed by atoms with Crippen LogP contribution >= 0.6 is 0 Å². The first-order valence-corrected chi connectivity index (χ1v) is 8.70. The molecular weight excluding hydrogens is 351 g/mol. The lowest BCUT2D eigenvalue weighted by atomic mass is 10.00. The van der Waals surface area contributed by atoms with Gasteiger partial charge in [0.25, 0.3) is 0 Å². The molecule has 27 heavy (non-hydrogen) atoms. The van der Waals surface area contributed by atoms with Gasteiger partial charge in [-0.25, -0.2) is 4.39 Å². The van der Waals surface area contributed by atoms with Gasteiger partial charge in [0.15, 0.2) is 0 Å². The van der Waals surface area contributed by atoms with E-state index in [1.165, 1.54) is 12.1 Å². The SMILES string of the molecule is CC1CCN(c2nc(-c3nc(N)nc(Nc4cccc(F)c4)n3)no2)CC1. The van der Waals surface area contributed by atoms with Crippen LogP contribution in [-0.2, 0) is 0 Å². The molecule has 3 heterocycles. The first-order valence-electron chi connectivity index (χ1n) is 8.70. The van der Waals surface area contributed by atoms with Gasteiger partial charge < -0.3 is 20.5 Å². The minimum Gasteiger partial charge on any atom is -0.368 e. The van der Waals surface area contributed by atoms with Crippen LogP contribution in [0, 0.1) is 11.7 Å². The van der Waals surface area contributed by atoms with Crippen molar-refractivity contribution in [2.24, 2.45) is 5.92 Å². The molecule has 4 rings (SSSR count). The van der Waals surface area contributed by atoms with Gasteiger partial charge >= 0.3 is 6.01 Å². The van der Waals surface area contributed by atoms with Crippen LogP contribution in [0.4, 0.5) is 28.0 Å². The third-order valence-electron chi connectivity index (χ3n) is 4.40. The normalized spacial score (nSPS) is 15.1. The van der Waals surface area contributed by atoms with Crippen molar-refractivity contribution in [3.05, 3.63) is 30.1 Å². The monoisotopic (exact) mass is 370 g/mol. The molecule has 3 N–H and O–H groups in total. The van der Waals surface area contributed by atoms with E-state index < -0.39 is 0 Å². The zero-order valence-electron chi connectivity index (χ0n) is 14.8. The van der Waals surface area contributed by atoms with Crippen LogP contribution in [0.15, 0.2) is 28.8 Å². The first kappa shape index (κ1) is 17.1. The smallest absolute Gasteiger partial charge is 0.324 e. The molecule has 0 unspecified atom stereocenters. The summed E-state index contributed by atoms with van der Waals surface area (Å²) in [5.74, 6) is 0.893. The number of aromatic nitrogens is 5. The molecule has 1 aliphatic heterocycles. The first-order chi connectivity index (χ1) is 13.1.